The van der Waals surface area contributed by atoms with Crippen LogP contribution in [0.2, 0.25) is 0 Å². The van der Waals surface area contributed by atoms with Crippen molar-refractivity contribution in [2.45, 2.75) is 44.8 Å². The van der Waals surface area contributed by atoms with Gasteiger partial charge < -0.3 is 32.3 Å². The summed E-state index contributed by atoms with van der Waals surface area (Å²) in [5, 5.41) is 22.4. The molecule has 132 valence electrons. The molecule has 8 N–H and O–H groups in total. The van der Waals surface area contributed by atoms with E-state index in [0.717, 1.165) is 0 Å². The van der Waals surface area contributed by atoms with Crippen LogP contribution in [-0.2, 0) is 19.2 Å². The summed E-state index contributed by atoms with van der Waals surface area (Å²) in [6.45, 7) is 2.98. The molecule has 0 aliphatic rings. The van der Waals surface area contributed by atoms with Crippen molar-refractivity contribution in [3.63, 3.8) is 0 Å². The number of aliphatic hydroxyl groups is 1. The number of carboxylic acids is 1. The second-order valence-corrected chi connectivity index (χ2v) is 5.55. The summed E-state index contributed by atoms with van der Waals surface area (Å²) < 4.78 is 0. The minimum Gasteiger partial charge on any atom is -0.480 e. The van der Waals surface area contributed by atoms with Gasteiger partial charge in [0.15, 0.2) is 0 Å². The third-order valence-corrected chi connectivity index (χ3v) is 2.90. The van der Waals surface area contributed by atoms with Crippen molar-refractivity contribution in [1.29, 1.82) is 0 Å². The Morgan fingerprint density at radius 2 is 1.57 bits per heavy atom. The number of carboxylic acid groups (broad SMARTS) is 1. The molecule has 0 aromatic heterocycles. The van der Waals surface area contributed by atoms with Gasteiger partial charge in [0.25, 0.3) is 0 Å². The fourth-order valence-electron chi connectivity index (χ4n) is 1.76. The molecule has 0 aromatic rings. The van der Waals surface area contributed by atoms with Crippen molar-refractivity contribution in [3.05, 3.63) is 0 Å². The number of aliphatic hydroxyl groups excluding tert-OH is 1. The van der Waals surface area contributed by atoms with Crippen molar-refractivity contribution >= 4 is 23.7 Å². The number of carbonyl (C=O) groups is 4. The average molecular weight is 332 g/mol. The van der Waals surface area contributed by atoms with Crippen LogP contribution < -0.4 is 22.1 Å². The van der Waals surface area contributed by atoms with Gasteiger partial charge in [-0.3, -0.25) is 14.4 Å². The monoisotopic (exact) mass is 332 g/mol. The fourth-order valence-corrected chi connectivity index (χ4v) is 1.76. The number of carbonyl (C=O) groups excluding carboxylic acids is 3. The van der Waals surface area contributed by atoms with Gasteiger partial charge in [0.05, 0.1) is 19.1 Å². The number of aliphatic carboxylic acids is 1. The highest BCUT2D eigenvalue weighted by atomic mass is 16.4. The standard InChI is InChI=1S/C13H24N4O6/c1-6(2)3-7(14)11(20)17-9(5-18)12(21)16-8(13(22)23)4-10(15)19/h6-9,18H,3-5,14H2,1-2H3,(H2,15,19)(H,16,21)(H,17,20)(H,22,23). The van der Waals surface area contributed by atoms with Crippen molar-refractivity contribution in [1.82, 2.24) is 10.6 Å². The Bertz CT molecular complexity index is 454. The van der Waals surface area contributed by atoms with Gasteiger partial charge in [-0.2, -0.15) is 0 Å². The lowest BCUT2D eigenvalue weighted by Crippen LogP contribution is -2.56. The molecule has 0 spiro atoms. The zero-order chi connectivity index (χ0) is 18.2. The lowest BCUT2D eigenvalue weighted by molar-refractivity contribution is -0.144. The topological polar surface area (TPSA) is 185 Å². The van der Waals surface area contributed by atoms with E-state index in [1.54, 1.807) is 0 Å². The van der Waals surface area contributed by atoms with Gasteiger partial charge in [-0.25, -0.2) is 4.79 Å². The Morgan fingerprint density at radius 3 is 1.96 bits per heavy atom. The molecule has 10 nitrogen and oxygen atoms in total. The summed E-state index contributed by atoms with van der Waals surface area (Å²) >= 11 is 0. The lowest BCUT2D eigenvalue weighted by atomic mass is 10.0. The smallest absolute Gasteiger partial charge is 0.326 e. The summed E-state index contributed by atoms with van der Waals surface area (Å²) in [5.41, 5.74) is 10.5. The Balaban J connectivity index is 4.75. The van der Waals surface area contributed by atoms with Crippen molar-refractivity contribution in [3.8, 4) is 0 Å². The molecule has 0 fully saturated rings. The molecule has 3 amide bonds. The number of hydrogen-bond donors (Lipinski definition) is 6. The number of amides is 3. The van der Waals surface area contributed by atoms with Crippen molar-refractivity contribution < 1.29 is 29.4 Å². The molecular weight excluding hydrogens is 308 g/mol. The predicted molar refractivity (Wildman–Crippen MR) is 79.8 cm³/mol. The number of nitrogens with two attached hydrogens (primary N) is 2. The first kappa shape index (κ1) is 20.8. The number of rotatable bonds is 10. The van der Waals surface area contributed by atoms with Gasteiger partial charge in [-0.15, -0.1) is 0 Å². The second-order valence-electron chi connectivity index (χ2n) is 5.55. The molecule has 3 unspecified atom stereocenters. The minimum absolute atomic E-state index is 0.157. The molecule has 0 saturated carbocycles. The molecule has 0 saturated heterocycles. The van der Waals surface area contributed by atoms with Gasteiger partial charge in [-0.1, -0.05) is 13.8 Å². The van der Waals surface area contributed by atoms with E-state index in [1.165, 1.54) is 0 Å². The van der Waals surface area contributed by atoms with Gasteiger partial charge in [-0.05, 0) is 12.3 Å². The average Bonchev–Trinajstić information content (AvgIpc) is 2.41. The maximum atomic E-state index is 11.9. The van der Waals surface area contributed by atoms with Crippen LogP contribution >= 0.6 is 0 Å². The van der Waals surface area contributed by atoms with Crippen LogP contribution in [0.1, 0.15) is 26.7 Å². The molecule has 0 aromatic carbocycles. The molecule has 0 radical (unpaired) electrons. The largest absolute Gasteiger partial charge is 0.480 e. The van der Waals surface area contributed by atoms with E-state index in [0.29, 0.717) is 6.42 Å². The van der Waals surface area contributed by atoms with Crippen LogP contribution in [0.15, 0.2) is 0 Å². The zero-order valence-electron chi connectivity index (χ0n) is 13.1. The highest BCUT2D eigenvalue weighted by Crippen LogP contribution is 2.03. The van der Waals surface area contributed by atoms with Crippen molar-refractivity contribution in [2.75, 3.05) is 6.61 Å². The van der Waals surface area contributed by atoms with E-state index in [-0.39, 0.29) is 5.92 Å². The summed E-state index contributed by atoms with van der Waals surface area (Å²) in [7, 11) is 0. The number of primary amides is 1. The molecule has 10 heteroatoms. The molecule has 23 heavy (non-hydrogen) atoms. The second kappa shape index (κ2) is 9.74. The van der Waals surface area contributed by atoms with Gasteiger partial charge in [0.2, 0.25) is 17.7 Å². The molecule has 0 aliphatic carbocycles. The minimum atomic E-state index is -1.55. The molecule has 3 atom stereocenters. The first-order chi connectivity index (χ1) is 10.6. The van der Waals surface area contributed by atoms with E-state index in [4.69, 9.17) is 16.6 Å². The molecule has 0 heterocycles. The van der Waals surface area contributed by atoms with Crippen LogP contribution in [0, 0.1) is 5.92 Å². The van der Waals surface area contributed by atoms with Crippen LogP contribution in [0.5, 0.6) is 0 Å². The fraction of sp³-hybridized carbons (Fsp3) is 0.692. The zero-order valence-corrected chi connectivity index (χ0v) is 13.1. The number of hydrogen-bond acceptors (Lipinski definition) is 6. The molecular formula is C13H24N4O6. The Labute approximate surface area is 133 Å². The highest BCUT2D eigenvalue weighted by Gasteiger charge is 2.28. The molecule has 0 rings (SSSR count). The lowest BCUT2D eigenvalue weighted by Gasteiger charge is -2.21. The van der Waals surface area contributed by atoms with E-state index in [9.17, 15) is 24.3 Å². The summed E-state index contributed by atoms with van der Waals surface area (Å²) in [6.07, 6.45) is -0.231. The van der Waals surface area contributed by atoms with Crippen LogP contribution in [0.25, 0.3) is 0 Å². The molecule has 0 aliphatic heterocycles. The van der Waals surface area contributed by atoms with Crippen LogP contribution in [0.3, 0.4) is 0 Å². The first-order valence-corrected chi connectivity index (χ1v) is 7.06. The Kier molecular flexibility index (Phi) is 8.81. The third-order valence-electron chi connectivity index (χ3n) is 2.90. The first-order valence-electron chi connectivity index (χ1n) is 7.06. The van der Waals surface area contributed by atoms with E-state index < -0.39 is 54.8 Å². The van der Waals surface area contributed by atoms with E-state index in [1.807, 2.05) is 19.2 Å². The van der Waals surface area contributed by atoms with Crippen LogP contribution in [0.4, 0.5) is 0 Å². The third kappa shape index (κ3) is 8.12. The normalized spacial score (nSPS) is 14.7. The summed E-state index contributed by atoms with van der Waals surface area (Å²) in [4.78, 5) is 45.5. The summed E-state index contributed by atoms with van der Waals surface area (Å²) in [5.74, 6) is -3.82. The number of nitrogens with one attached hydrogen (secondary N) is 2. The predicted octanol–water partition coefficient (Wildman–Crippen LogP) is -2.72. The molecule has 0 bridgehead atoms. The summed E-state index contributed by atoms with van der Waals surface area (Å²) in [6, 6.07) is -3.79. The quantitative estimate of drug-likeness (QED) is 0.251. The van der Waals surface area contributed by atoms with Crippen molar-refractivity contribution in [2.24, 2.45) is 17.4 Å². The van der Waals surface area contributed by atoms with Crippen LogP contribution in [-0.4, -0.2) is 58.6 Å². The Hall–Kier alpha value is -2.20. The van der Waals surface area contributed by atoms with E-state index >= 15 is 0 Å². The maximum Gasteiger partial charge on any atom is 0.326 e. The van der Waals surface area contributed by atoms with Gasteiger partial charge in [0, 0.05) is 0 Å². The van der Waals surface area contributed by atoms with E-state index in [2.05, 4.69) is 5.32 Å². The maximum absolute atomic E-state index is 11.9. The Morgan fingerprint density at radius 1 is 1.04 bits per heavy atom. The van der Waals surface area contributed by atoms with Gasteiger partial charge >= 0.3 is 5.97 Å². The SMILES string of the molecule is CC(C)CC(N)C(=O)NC(CO)C(=O)NC(CC(N)=O)C(=O)O. The van der Waals surface area contributed by atoms with Gasteiger partial charge in [0.1, 0.15) is 12.1 Å². The highest BCUT2D eigenvalue weighted by molar-refractivity contribution is 5.93.